The summed E-state index contributed by atoms with van der Waals surface area (Å²) in [5.41, 5.74) is 6.43. The van der Waals surface area contributed by atoms with Crippen molar-refractivity contribution >= 4 is 11.8 Å². The Morgan fingerprint density at radius 1 is 1.00 bits per heavy atom. The van der Waals surface area contributed by atoms with E-state index in [1.807, 2.05) is 0 Å². The van der Waals surface area contributed by atoms with Gasteiger partial charge in [0.05, 0.1) is 0 Å². The summed E-state index contributed by atoms with van der Waals surface area (Å²) in [5, 5.41) is 0. The highest BCUT2D eigenvalue weighted by molar-refractivity contribution is 7.99. The van der Waals surface area contributed by atoms with Crippen molar-refractivity contribution in [3.05, 3.63) is 0 Å². The second-order valence-electron chi connectivity index (χ2n) is 5.50. The van der Waals surface area contributed by atoms with Gasteiger partial charge in [-0.15, -0.1) is 0 Å². The molecule has 19 heavy (non-hydrogen) atoms. The van der Waals surface area contributed by atoms with Crippen LogP contribution in [-0.4, -0.2) is 66.1 Å². The number of nitrogens with zero attached hydrogens (tertiary/aromatic N) is 2. The number of thioether (sulfide) groups is 1. The number of nitrogens with two attached hydrogens (primary N) is 1. The Morgan fingerprint density at radius 3 is 2.11 bits per heavy atom. The lowest BCUT2D eigenvalue weighted by Crippen LogP contribution is -2.56. The second-order valence-corrected chi connectivity index (χ2v) is 6.73. The molecule has 0 atom stereocenters. The van der Waals surface area contributed by atoms with Crippen molar-refractivity contribution < 1.29 is 0 Å². The van der Waals surface area contributed by atoms with Gasteiger partial charge in [-0.2, -0.15) is 11.8 Å². The van der Waals surface area contributed by atoms with E-state index in [1.165, 1.54) is 56.9 Å². The van der Waals surface area contributed by atoms with Crippen LogP contribution in [0.2, 0.25) is 0 Å². The molecule has 0 amide bonds. The van der Waals surface area contributed by atoms with Crippen LogP contribution in [0.25, 0.3) is 0 Å². The Balaban J connectivity index is 2.46. The first-order chi connectivity index (χ1) is 9.22. The molecule has 0 aromatic carbocycles. The van der Waals surface area contributed by atoms with Crippen molar-refractivity contribution in [1.29, 1.82) is 0 Å². The van der Waals surface area contributed by atoms with Gasteiger partial charge in [0.25, 0.3) is 0 Å². The van der Waals surface area contributed by atoms with Gasteiger partial charge >= 0.3 is 0 Å². The van der Waals surface area contributed by atoms with E-state index in [9.17, 15) is 0 Å². The van der Waals surface area contributed by atoms with E-state index in [2.05, 4.69) is 42.3 Å². The van der Waals surface area contributed by atoms with Crippen LogP contribution in [0.1, 0.15) is 40.0 Å². The fraction of sp³-hybridized carbons (Fsp3) is 1.00. The van der Waals surface area contributed by atoms with Gasteiger partial charge in [-0.05, 0) is 63.5 Å². The van der Waals surface area contributed by atoms with Crippen molar-refractivity contribution in [3.63, 3.8) is 0 Å². The van der Waals surface area contributed by atoms with Gasteiger partial charge in [0.15, 0.2) is 0 Å². The van der Waals surface area contributed by atoms with Crippen molar-refractivity contribution in [3.8, 4) is 0 Å². The number of rotatable bonds is 9. The van der Waals surface area contributed by atoms with Gasteiger partial charge in [0, 0.05) is 12.1 Å². The molecule has 114 valence electrons. The summed E-state index contributed by atoms with van der Waals surface area (Å²) in [4.78, 5) is 5.18. The molecule has 4 heteroatoms. The summed E-state index contributed by atoms with van der Waals surface area (Å²) in [5.74, 6) is 2.56. The highest BCUT2D eigenvalue weighted by Gasteiger charge is 2.35. The van der Waals surface area contributed by atoms with E-state index in [0.29, 0.717) is 5.54 Å². The number of hydrogen-bond donors (Lipinski definition) is 1. The minimum absolute atomic E-state index is 0.295. The highest BCUT2D eigenvalue weighted by atomic mass is 32.2. The summed E-state index contributed by atoms with van der Waals surface area (Å²) in [6.45, 7) is 13.5. The molecule has 1 fully saturated rings. The highest BCUT2D eigenvalue weighted by Crippen LogP contribution is 2.31. The molecule has 0 saturated carbocycles. The fourth-order valence-corrected chi connectivity index (χ4v) is 4.41. The predicted molar refractivity (Wildman–Crippen MR) is 88.0 cm³/mol. The molecule has 0 aromatic heterocycles. The first kappa shape index (κ1) is 17.3. The zero-order chi connectivity index (χ0) is 14.1. The van der Waals surface area contributed by atoms with Crippen molar-refractivity contribution in [1.82, 2.24) is 9.80 Å². The van der Waals surface area contributed by atoms with Gasteiger partial charge in [-0.3, -0.25) is 4.90 Å². The first-order valence-corrected chi connectivity index (χ1v) is 9.13. The smallest absolute Gasteiger partial charge is 0.0347 e. The average molecular weight is 288 g/mol. The summed E-state index contributed by atoms with van der Waals surface area (Å²) in [6, 6.07) is 0. The monoisotopic (exact) mass is 287 g/mol. The Kier molecular flexibility index (Phi) is 8.38. The molecule has 0 aromatic rings. The zero-order valence-corrected chi connectivity index (χ0v) is 14.0. The maximum absolute atomic E-state index is 6.14. The lowest BCUT2D eigenvalue weighted by Gasteiger charge is -2.45. The molecule has 0 radical (unpaired) electrons. The molecule has 1 aliphatic rings. The van der Waals surface area contributed by atoms with Crippen LogP contribution >= 0.6 is 11.8 Å². The third kappa shape index (κ3) is 4.92. The molecule has 1 rings (SSSR count). The Labute approximate surface area is 124 Å². The number of hydrogen-bond acceptors (Lipinski definition) is 4. The van der Waals surface area contributed by atoms with Gasteiger partial charge < -0.3 is 10.6 Å². The Hall–Kier alpha value is 0.230. The van der Waals surface area contributed by atoms with Crippen LogP contribution in [0.3, 0.4) is 0 Å². The molecule has 1 heterocycles. The SMILES string of the molecule is CCN(CC)CCCN(CC)C1(CN)CCSCC1. The van der Waals surface area contributed by atoms with Gasteiger partial charge in [-0.25, -0.2) is 0 Å². The Bertz CT molecular complexity index is 225. The molecule has 3 nitrogen and oxygen atoms in total. The van der Waals surface area contributed by atoms with Gasteiger partial charge in [-0.1, -0.05) is 20.8 Å². The van der Waals surface area contributed by atoms with Crippen molar-refractivity contribution in [2.45, 2.75) is 45.6 Å². The summed E-state index contributed by atoms with van der Waals surface area (Å²) < 4.78 is 0. The predicted octanol–water partition coefficient (Wildman–Crippen LogP) is 2.26. The topological polar surface area (TPSA) is 32.5 Å². The Morgan fingerprint density at radius 2 is 1.63 bits per heavy atom. The largest absolute Gasteiger partial charge is 0.329 e. The minimum Gasteiger partial charge on any atom is -0.329 e. The van der Waals surface area contributed by atoms with E-state index in [-0.39, 0.29) is 0 Å². The lowest BCUT2D eigenvalue weighted by molar-refractivity contribution is 0.0851. The lowest BCUT2D eigenvalue weighted by atomic mass is 9.89. The summed E-state index contributed by atoms with van der Waals surface area (Å²) in [6.07, 6.45) is 3.81. The quantitative estimate of drug-likeness (QED) is 0.705. The van der Waals surface area contributed by atoms with Gasteiger partial charge in [0.2, 0.25) is 0 Å². The van der Waals surface area contributed by atoms with E-state index in [4.69, 9.17) is 5.73 Å². The molecule has 0 unspecified atom stereocenters. The normalized spacial score (nSPS) is 19.3. The molecule has 0 bridgehead atoms. The summed E-state index contributed by atoms with van der Waals surface area (Å²) >= 11 is 2.09. The molecule has 1 saturated heterocycles. The maximum atomic E-state index is 6.14. The van der Waals surface area contributed by atoms with E-state index in [0.717, 1.165) is 13.1 Å². The third-order valence-electron chi connectivity index (χ3n) is 4.65. The van der Waals surface area contributed by atoms with Crippen molar-refractivity contribution in [2.75, 3.05) is 50.8 Å². The van der Waals surface area contributed by atoms with E-state index in [1.54, 1.807) is 0 Å². The maximum Gasteiger partial charge on any atom is 0.0347 e. The van der Waals surface area contributed by atoms with Gasteiger partial charge in [0.1, 0.15) is 0 Å². The van der Waals surface area contributed by atoms with E-state index < -0.39 is 0 Å². The molecule has 1 aliphatic heterocycles. The molecular weight excluding hydrogens is 254 g/mol. The minimum atomic E-state index is 0.295. The van der Waals surface area contributed by atoms with E-state index >= 15 is 0 Å². The van der Waals surface area contributed by atoms with Crippen molar-refractivity contribution in [2.24, 2.45) is 5.73 Å². The molecule has 0 spiro atoms. The van der Waals surface area contributed by atoms with Crippen LogP contribution in [0, 0.1) is 0 Å². The second kappa shape index (κ2) is 9.22. The molecular formula is C15H33N3S. The van der Waals surface area contributed by atoms with Crippen LogP contribution in [0.15, 0.2) is 0 Å². The average Bonchev–Trinajstić information content (AvgIpc) is 2.48. The molecule has 0 aliphatic carbocycles. The molecule has 2 N–H and O–H groups in total. The van der Waals surface area contributed by atoms with Crippen LogP contribution in [0.5, 0.6) is 0 Å². The number of likely N-dealkylation sites (N-methyl/N-ethyl adjacent to an activating group) is 1. The van der Waals surface area contributed by atoms with Crippen LogP contribution in [-0.2, 0) is 0 Å². The van der Waals surface area contributed by atoms with Crippen LogP contribution < -0.4 is 5.73 Å². The van der Waals surface area contributed by atoms with Crippen LogP contribution in [0.4, 0.5) is 0 Å². The third-order valence-corrected chi connectivity index (χ3v) is 5.64. The fourth-order valence-electron chi connectivity index (χ4n) is 3.16. The first-order valence-electron chi connectivity index (χ1n) is 7.97. The zero-order valence-electron chi connectivity index (χ0n) is 13.2. The summed E-state index contributed by atoms with van der Waals surface area (Å²) in [7, 11) is 0. The standard InChI is InChI=1S/C15H33N3S/c1-4-17(5-2)10-7-11-18(6-3)15(14-16)8-12-19-13-9-15/h4-14,16H2,1-3H3.